The first-order valence-corrected chi connectivity index (χ1v) is 11.1. The molecule has 1 unspecified atom stereocenters. The van der Waals surface area contributed by atoms with Crippen LogP contribution in [-0.4, -0.2) is 33.8 Å². The molecule has 0 fully saturated rings. The normalized spacial score (nSPS) is 15.3. The highest BCUT2D eigenvalue weighted by atomic mass is 35.5. The molecule has 7 nitrogen and oxygen atoms in total. The SMILES string of the molecule is CCN(CC)c1ccc(-c2nc3n(n2)C(c2ccc(Cl)cc2Cl)C(C(N)=O)=C(C)N3)cc1. The maximum absolute atomic E-state index is 12.4. The van der Waals surface area contributed by atoms with Crippen LogP contribution in [0.2, 0.25) is 10.0 Å². The average molecular weight is 471 g/mol. The summed E-state index contributed by atoms with van der Waals surface area (Å²) >= 11 is 12.6. The Labute approximate surface area is 196 Å². The zero-order valence-electron chi connectivity index (χ0n) is 18.1. The fraction of sp³-hybridized carbons (Fsp3) is 0.261. The number of hydrogen-bond acceptors (Lipinski definition) is 5. The molecule has 0 saturated heterocycles. The van der Waals surface area contributed by atoms with E-state index in [1.165, 1.54) is 0 Å². The van der Waals surface area contributed by atoms with E-state index in [9.17, 15) is 4.79 Å². The number of nitrogens with two attached hydrogens (primary N) is 1. The maximum atomic E-state index is 12.4. The van der Waals surface area contributed by atoms with E-state index in [1.54, 1.807) is 29.8 Å². The largest absolute Gasteiger partial charge is 0.372 e. The molecular formula is C23H24Cl2N6O. The summed E-state index contributed by atoms with van der Waals surface area (Å²) in [6.45, 7) is 7.90. The predicted molar refractivity (Wildman–Crippen MR) is 129 cm³/mol. The summed E-state index contributed by atoms with van der Waals surface area (Å²) < 4.78 is 1.65. The number of fused-ring (bicyclic) bond motifs is 1. The summed E-state index contributed by atoms with van der Waals surface area (Å²) in [6.07, 6.45) is 0. The van der Waals surface area contributed by atoms with Crippen molar-refractivity contribution in [3.05, 3.63) is 69.3 Å². The number of aromatic nitrogens is 3. The lowest BCUT2D eigenvalue weighted by atomic mass is 9.95. The number of nitrogens with zero attached hydrogens (tertiary/aromatic N) is 4. The van der Waals surface area contributed by atoms with Crippen LogP contribution in [0.4, 0.5) is 11.6 Å². The lowest BCUT2D eigenvalue weighted by Crippen LogP contribution is -2.32. The first-order chi connectivity index (χ1) is 15.3. The van der Waals surface area contributed by atoms with Gasteiger partial charge in [0.25, 0.3) is 0 Å². The zero-order chi connectivity index (χ0) is 23.0. The van der Waals surface area contributed by atoms with Crippen molar-refractivity contribution in [1.29, 1.82) is 0 Å². The van der Waals surface area contributed by atoms with Crippen LogP contribution >= 0.6 is 23.2 Å². The zero-order valence-corrected chi connectivity index (χ0v) is 19.6. The average Bonchev–Trinajstić information content (AvgIpc) is 3.18. The van der Waals surface area contributed by atoms with E-state index < -0.39 is 11.9 Å². The van der Waals surface area contributed by atoms with Crippen LogP contribution in [0.15, 0.2) is 53.7 Å². The summed E-state index contributed by atoms with van der Waals surface area (Å²) in [5.74, 6) is 0.482. The molecule has 1 amide bonds. The Hall–Kier alpha value is -3.03. The van der Waals surface area contributed by atoms with Crippen molar-refractivity contribution in [2.75, 3.05) is 23.3 Å². The van der Waals surface area contributed by atoms with Gasteiger partial charge in [-0.2, -0.15) is 4.98 Å². The van der Waals surface area contributed by atoms with Gasteiger partial charge in [0.2, 0.25) is 11.9 Å². The monoisotopic (exact) mass is 470 g/mol. The summed E-state index contributed by atoms with van der Waals surface area (Å²) in [4.78, 5) is 19.3. The third-order valence-corrected chi connectivity index (χ3v) is 6.19. The van der Waals surface area contributed by atoms with Gasteiger partial charge in [-0.25, -0.2) is 4.68 Å². The second kappa shape index (κ2) is 8.84. The van der Waals surface area contributed by atoms with E-state index in [4.69, 9.17) is 34.0 Å². The van der Waals surface area contributed by atoms with Crippen LogP contribution < -0.4 is 16.0 Å². The van der Waals surface area contributed by atoms with Crippen LogP contribution in [0.3, 0.4) is 0 Å². The van der Waals surface area contributed by atoms with E-state index in [2.05, 4.69) is 41.2 Å². The van der Waals surface area contributed by atoms with Gasteiger partial charge in [-0.05, 0) is 57.2 Å². The number of halogens is 2. The van der Waals surface area contributed by atoms with Gasteiger partial charge in [0.15, 0.2) is 5.82 Å². The molecule has 32 heavy (non-hydrogen) atoms. The van der Waals surface area contributed by atoms with Crippen LogP contribution in [0.5, 0.6) is 0 Å². The van der Waals surface area contributed by atoms with E-state index in [0.29, 0.717) is 38.7 Å². The lowest BCUT2D eigenvalue weighted by Gasteiger charge is -2.28. The molecule has 1 aromatic heterocycles. The minimum absolute atomic E-state index is 0.370. The molecule has 0 saturated carbocycles. The van der Waals surface area contributed by atoms with Gasteiger partial charge in [-0.15, -0.1) is 5.10 Å². The number of hydrogen-bond donors (Lipinski definition) is 2. The van der Waals surface area contributed by atoms with Gasteiger partial charge in [0.05, 0.1) is 5.57 Å². The van der Waals surface area contributed by atoms with E-state index in [0.717, 1.165) is 24.3 Å². The molecule has 1 aliphatic rings. The molecule has 3 aromatic rings. The van der Waals surface area contributed by atoms with Crippen LogP contribution in [0, 0.1) is 0 Å². The molecule has 166 valence electrons. The topological polar surface area (TPSA) is 89.1 Å². The van der Waals surface area contributed by atoms with Gasteiger partial charge in [0.1, 0.15) is 6.04 Å². The highest BCUT2D eigenvalue weighted by Gasteiger charge is 2.34. The molecule has 9 heteroatoms. The molecule has 0 spiro atoms. The van der Waals surface area contributed by atoms with Gasteiger partial charge in [-0.3, -0.25) is 4.79 Å². The fourth-order valence-electron chi connectivity index (χ4n) is 4.01. The van der Waals surface area contributed by atoms with E-state index in [-0.39, 0.29) is 0 Å². The third kappa shape index (κ3) is 3.94. The van der Waals surface area contributed by atoms with Crippen LogP contribution in [0.1, 0.15) is 32.4 Å². The molecule has 3 N–H and O–H groups in total. The number of rotatable bonds is 6. The van der Waals surface area contributed by atoms with Crippen LogP contribution in [-0.2, 0) is 4.79 Å². The summed E-state index contributed by atoms with van der Waals surface area (Å²) in [7, 11) is 0. The second-order valence-corrected chi connectivity index (χ2v) is 8.36. The summed E-state index contributed by atoms with van der Waals surface area (Å²) in [5, 5.41) is 8.79. The third-order valence-electron chi connectivity index (χ3n) is 5.63. The number of nitrogens with one attached hydrogen (secondary N) is 1. The van der Waals surface area contributed by atoms with E-state index in [1.807, 2.05) is 12.1 Å². The summed E-state index contributed by atoms with van der Waals surface area (Å²) in [5.41, 5.74) is 9.39. The van der Waals surface area contributed by atoms with Crippen molar-refractivity contribution in [3.8, 4) is 11.4 Å². The van der Waals surface area contributed by atoms with Gasteiger partial charge in [-0.1, -0.05) is 29.3 Å². The van der Waals surface area contributed by atoms with Gasteiger partial charge >= 0.3 is 0 Å². The molecule has 2 aromatic carbocycles. The molecule has 0 bridgehead atoms. The van der Waals surface area contributed by atoms with Crippen molar-refractivity contribution in [2.24, 2.45) is 5.73 Å². The minimum Gasteiger partial charge on any atom is -0.372 e. The Morgan fingerprint density at radius 3 is 2.44 bits per heavy atom. The smallest absolute Gasteiger partial charge is 0.248 e. The number of allylic oxidation sites excluding steroid dienone is 1. The molecule has 4 rings (SSSR count). The molecule has 1 atom stereocenters. The standard InChI is InChI=1S/C23H24Cl2N6O/c1-4-30(5-2)16-9-6-14(7-10-16)22-28-23-27-13(3)19(21(26)32)20(31(23)29-22)17-11-8-15(24)12-18(17)25/h6-12,20H,4-5H2,1-3H3,(H2,26,32)(H,27,28,29). The molecule has 0 aliphatic carbocycles. The quantitative estimate of drug-likeness (QED) is 0.536. The maximum Gasteiger partial charge on any atom is 0.248 e. The molecular weight excluding hydrogens is 447 g/mol. The second-order valence-electron chi connectivity index (χ2n) is 7.52. The number of amides is 1. The number of primary amides is 1. The Bertz CT molecular complexity index is 1200. The summed E-state index contributed by atoms with van der Waals surface area (Å²) in [6, 6.07) is 12.6. The predicted octanol–water partition coefficient (Wildman–Crippen LogP) is 4.87. The Morgan fingerprint density at radius 1 is 1.16 bits per heavy atom. The highest BCUT2D eigenvalue weighted by Crippen LogP contribution is 2.39. The molecule has 2 heterocycles. The number of benzene rings is 2. The molecule has 1 aliphatic heterocycles. The van der Waals surface area contributed by atoms with Crippen molar-refractivity contribution in [3.63, 3.8) is 0 Å². The van der Waals surface area contributed by atoms with Crippen LogP contribution in [0.25, 0.3) is 11.4 Å². The van der Waals surface area contributed by atoms with Gasteiger partial charge in [0, 0.05) is 45.6 Å². The van der Waals surface area contributed by atoms with E-state index >= 15 is 0 Å². The molecule has 0 radical (unpaired) electrons. The number of anilines is 2. The first-order valence-electron chi connectivity index (χ1n) is 10.4. The first kappa shape index (κ1) is 22.2. The fourth-order valence-corrected chi connectivity index (χ4v) is 4.53. The highest BCUT2D eigenvalue weighted by molar-refractivity contribution is 6.35. The lowest BCUT2D eigenvalue weighted by molar-refractivity contribution is -0.115. The number of carbonyl (C=O) groups is 1. The Balaban J connectivity index is 1.80. The minimum atomic E-state index is -0.621. The van der Waals surface area contributed by atoms with Gasteiger partial charge < -0.3 is 16.0 Å². The van der Waals surface area contributed by atoms with Crippen molar-refractivity contribution in [1.82, 2.24) is 14.8 Å². The number of carbonyl (C=O) groups excluding carboxylic acids is 1. The van der Waals surface area contributed by atoms with Crippen molar-refractivity contribution >= 4 is 40.7 Å². The Kier molecular flexibility index (Phi) is 6.13. The van der Waals surface area contributed by atoms with Crippen molar-refractivity contribution in [2.45, 2.75) is 26.8 Å². The van der Waals surface area contributed by atoms with Crippen molar-refractivity contribution < 1.29 is 4.79 Å². The Morgan fingerprint density at radius 2 is 1.84 bits per heavy atom.